The lowest BCUT2D eigenvalue weighted by Gasteiger charge is -2.33. The van der Waals surface area contributed by atoms with Gasteiger partial charge in [0, 0.05) is 26.2 Å². The first-order valence-electron chi connectivity index (χ1n) is 9.74. The summed E-state index contributed by atoms with van der Waals surface area (Å²) in [6.45, 7) is 9.49. The topological polar surface area (TPSA) is 90.7 Å². The number of hydrogen-bond donors (Lipinski definition) is 0. The molecule has 0 aromatic heterocycles. The summed E-state index contributed by atoms with van der Waals surface area (Å²) in [5.41, 5.74) is 0.838. The van der Waals surface area contributed by atoms with Gasteiger partial charge in [-0.1, -0.05) is 20.8 Å². The van der Waals surface area contributed by atoms with E-state index in [1.54, 1.807) is 26.0 Å². The van der Waals surface area contributed by atoms with Gasteiger partial charge in [-0.25, -0.2) is 13.2 Å². The van der Waals surface area contributed by atoms with E-state index in [2.05, 4.69) is 11.8 Å². The van der Waals surface area contributed by atoms with Crippen molar-refractivity contribution >= 4 is 21.7 Å². The van der Waals surface area contributed by atoms with Gasteiger partial charge in [-0.15, -0.1) is 0 Å². The van der Waals surface area contributed by atoms with Crippen LogP contribution in [0.15, 0.2) is 23.1 Å². The highest BCUT2D eigenvalue weighted by atomic mass is 32.2. The molecule has 0 radical (unpaired) electrons. The molecule has 2 rings (SSSR count). The lowest BCUT2D eigenvalue weighted by molar-refractivity contribution is 0.0436. The zero-order valence-electron chi connectivity index (χ0n) is 17.0. The van der Waals surface area contributed by atoms with Crippen molar-refractivity contribution in [1.29, 1.82) is 5.26 Å². The van der Waals surface area contributed by atoms with Crippen molar-refractivity contribution in [3.63, 3.8) is 0 Å². The van der Waals surface area contributed by atoms with Gasteiger partial charge in [0.05, 0.1) is 16.1 Å². The molecule has 1 heterocycles. The van der Waals surface area contributed by atoms with E-state index in [0.29, 0.717) is 24.7 Å². The van der Waals surface area contributed by atoms with Crippen LogP contribution in [0, 0.1) is 17.2 Å². The Balaban J connectivity index is 2.49. The molecule has 0 spiro atoms. The third-order valence-electron chi connectivity index (χ3n) is 5.12. The summed E-state index contributed by atoms with van der Waals surface area (Å²) >= 11 is 0. The molecule has 7 nitrogen and oxygen atoms in total. The van der Waals surface area contributed by atoms with Crippen LogP contribution < -0.4 is 4.90 Å². The van der Waals surface area contributed by atoms with Crippen LogP contribution in [0.5, 0.6) is 0 Å². The van der Waals surface area contributed by atoms with Gasteiger partial charge < -0.3 is 9.64 Å². The van der Waals surface area contributed by atoms with E-state index >= 15 is 0 Å². The molecule has 1 aromatic carbocycles. The molecular formula is C20H29N3O4S. The Morgan fingerprint density at radius 2 is 1.93 bits per heavy atom. The Morgan fingerprint density at radius 3 is 2.46 bits per heavy atom. The number of hydrogen-bond acceptors (Lipinski definition) is 6. The van der Waals surface area contributed by atoms with E-state index < -0.39 is 22.1 Å². The number of nitriles is 1. The molecule has 1 fully saturated rings. The third kappa shape index (κ3) is 4.83. The molecular weight excluding hydrogens is 378 g/mol. The highest BCUT2D eigenvalue weighted by Gasteiger charge is 2.27. The average molecular weight is 408 g/mol. The predicted molar refractivity (Wildman–Crippen MR) is 108 cm³/mol. The first kappa shape index (κ1) is 22.2. The first-order chi connectivity index (χ1) is 13.2. The Kier molecular flexibility index (Phi) is 7.44. The quantitative estimate of drug-likeness (QED) is 0.645. The lowest BCUT2D eigenvalue weighted by atomic mass is 9.98. The number of piperidine rings is 1. The third-order valence-corrected chi connectivity index (χ3v) is 7.17. The maximum absolute atomic E-state index is 12.9. The Bertz CT molecular complexity index is 835. The molecule has 0 amide bonds. The predicted octanol–water partition coefficient (Wildman–Crippen LogP) is 3.02. The SMILES string of the molecule is CCN(CC)S(=O)(=O)c1ccc(N2CCC(C)CC2)c(C(=O)O[C@H](C)C#N)c1. The smallest absolute Gasteiger partial charge is 0.341 e. The van der Waals surface area contributed by atoms with Gasteiger partial charge in [-0.05, 0) is 43.9 Å². The van der Waals surface area contributed by atoms with Crippen molar-refractivity contribution in [1.82, 2.24) is 4.31 Å². The maximum atomic E-state index is 12.9. The number of rotatable bonds is 7. The normalized spacial score (nSPS) is 16.6. The van der Waals surface area contributed by atoms with Gasteiger partial charge in [0.1, 0.15) is 6.07 Å². The van der Waals surface area contributed by atoms with Crippen molar-refractivity contribution in [2.24, 2.45) is 5.92 Å². The van der Waals surface area contributed by atoms with Crippen LogP contribution in [0.3, 0.4) is 0 Å². The second-order valence-electron chi connectivity index (χ2n) is 7.11. The Hall–Kier alpha value is -2.11. The standard InChI is InChI=1S/C20H29N3O4S/c1-5-23(6-2)28(25,26)17-7-8-19(22-11-9-15(3)10-12-22)18(13-17)20(24)27-16(4)14-21/h7-8,13,15-16H,5-6,9-12H2,1-4H3/t16-/m1/s1. The maximum Gasteiger partial charge on any atom is 0.341 e. The minimum absolute atomic E-state index is 0.0573. The summed E-state index contributed by atoms with van der Waals surface area (Å²) in [5.74, 6) is -0.0631. The zero-order valence-corrected chi connectivity index (χ0v) is 17.8. The molecule has 8 heteroatoms. The molecule has 1 aliphatic rings. The number of esters is 1. The molecule has 0 N–H and O–H groups in total. The minimum Gasteiger partial charge on any atom is -0.444 e. The fraction of sp³-hybridized carbons (Fsp3) is 0.600. The van der Waals surface area contributed by atoms with Crippen molar-refractivity contribution in [3.05, 3.63) is 23.8 Å². The summed E-state index contributed by atoms with van der Waals surface area (Å²) in [7, 11) is -3.71. The van der Waals surface area contributed by atoms with Crippen LogP contribution >= 0.6 is 0 Å². The number of nitrogens with zero attached hydrogens (tertiary/aromatic N) is 3. The van der Waals surface area contributed by atoms with E-state index in [-0.39, 0.29) is 10.5 Å². The highest BCUT2D eigenvalue weighted by Crippen LogP contribution is 2.30. The summed E-state index contributed by atoms with van der Waals surface area (Å²) in [4.78, 5) is 14.9. The second kappa shape index (κ2) is 9.39. The molecule has 1 aliphatic heterocycles. The first-order valence-corrected chi connectivity index (χ1v) is 11.2. The Labute approximate surface area is 167 Å². The van der Waals surface area contributed by atoms with Crippen molar-refractivity contribution in [2.75, 3.05) is 31.1 Å². The summed E-state index contributed by atoms with van der Waals surface area (Å²) < 4.78 is 32.3. The number of benzene rings is 1. The van der Waals surface area contributed by atoms with E-state index in [0.717, 1.165) is 25.9 Å². The largest absolute Gasteiger partial charge is 0.444 e. The molecule has 0 bridgehead atoms. The van der Waals surface area contributed by atoms with E-state index in [9.17, 15) is 13.2 Å². The van der Waals surface area contributed by atoms with E-state index in [1.807, 2.05) is 6.07 Å². The molecule has 0 aliphatic carbocycles. The van der Waals surface area contributed by atoms with Gasteiger partial charge in [0.15, 0.2) is 6.10 Å². The number of anilines is 1. The lowest BCUT2D eigenvalue weighted by Crippen LogP contribution is -2.34. The minimum atomic E-state index is -3.71. The molecule has 154 valence electrons. The highest BCUT2D eigenvalue weighted by molar-refractivity contribution is 7.89. The second-order valence-corrected chi connectivity index (χ2v) is 9.05. The van der Waals surface area contributed by atoms with Crippen LogP contribution in [0.1, 0.15) is 50.9 Å². The van der Waals surface area contributed by atoms with Crippen molar-refractivity contribution in [3.8, 4) is 6.07 Å². The zero-order chi connectivity index (χ0) is 20.9. The van der Waals surface area contributed by atoms with Crippen LogP contribution in [0.4, 0.5) is 5.69 Å². The van der Waals surface area contributed by atoms with Gasteiger partial charge in [0.25, 0.3) is 0 Å². The molecule has 1 saturated heterocycles. The average Bonchev–Trinajstić information content (AvgIpc) is 2.68. The number of sulfonamides is 1. The fourth-order valence-electron chi connectivity index (χ4n) is 3.33. The monoisotopic (exact) mass is 407 g/mol. The summed E-state index contributed by atoms with van der Waals surface area (Å²) in [6, 6.07) is 6.48. The van der Waals surface area contributed by atoms with Crippen LogP contribution in [0.25, 0.3) is 0 Å². The molecule has 0 saturated carbocycles. The Morgan fingerprint density at radius 1 is 1.32 bits per heavy atom. The van der Waals surface area contributed by atoms with Crippen molar-refractivity contribution in [2.45, 2.75) is 51.5 Å². The van der Waals surface area contributed by atoms with Crippen LogP contribution in [0.2, 0.25) is 0 Å². The van der Waals surface area contributed by atoms with Crippen LogP contribution in [-0.2, 0) is 14.8 Å². The number of ether oxygens (including phenoxy) is 1. The molecule has 1 aromatic rings. The van der Waals surface area contributed by atoms with E-state index in [1.165, 1.54) is 17.3 Å². The van der Waals surface area contributed by atoms with Gasteiger partial charge in [-0.2, -0.15) is 9.57 Å². The molecule has 0 unspecified atom stereocenters. The molecule has 28 heavy (non-hydrogen) atoms. The number of carbonyl (C=O) groups excluding carboxylic acids is 1. The summed E-state index contributed by atoms with van der Waals surface area (Å²) in [6.07, 6.45) is 1.09. The summed E-state index contributed by atoms with van der Waals surface area (Å²) in [5, 5.41) is 8.96. The van der Waals surface area contributed by atoms with Gasteiger partial charge in [-0.3, -0.25) is 0 Å². The van der Waals surface area contributed by atoms with Crippen molar-refractivity contribution < 1.29 is 17.9 Å². The molecule has 1 atom stereocenters. The van der Waals surface area contributed by atoms with Gasteiger partial charge in [0.2, 0.25) is 10.0 Å². The fourth-order valence-corrected chi connectivity index (χ4v) is 4.81. The number of carbonyl (C=O) groups is 1. The van der Waals surface area contributed by atoms with E-state index in [4.69, 9.17) is 10.00 Å². The van der Waals surface area contributed by atoms with Gasteiger partial charge >= 0.3 is 5.97 Å². The van der Waals surface area contributed by atoms with Crippen LogP contribution in [-0.4, -0.2) is 51.0 Å².